The van der Waals surface area contributed by atoms with Gasteiger partial charge in [0.15, 0.2) is 10.7 Å². The number of aliphatic hydroxyl groups excluding tert-OH is 1. The number of carbonyl (C=O) groups is 2. The maximum Gasteiger partial charge on any atom is 0.156 e. The number of aliphatic hydroxyl groups is 1. The van der Waals surface area contributed by atoms with E-state index in [9.17, 15) is 19.2 Å². The molecule has 1 aromatic rings. The Kier molecular flexibility index (Phi) is 6.36. The number of rotatable bonds is 3. The fraction of sp³-hybridized carbons (Fsp3) is 0.533. The average molecular weight is 491 g/mol. The van der Waals surface area contributed by atoms with E-state index in [1.165, 1.54) is 22.3 Å². The van der Waals surface area contributed by atoms with Gasteiger partial charge in [-0.1, -0.05) is 36.5 Å². The molecule has 0 radical (unpaired) electrons. The van der Waals surface area contributed by atoms with Gasteiger partial charge >= 0.3 is 0 Å². The predicted octanol–water partition coefficient (Wildman–Crippen LogP) is 4.89. The lowest BCUT2D eigenvalue weighted by Crippen LogP contribution is -2.50. The van der Waals surface area contributed by atoms with E-state index in [0.717, 1.165) is 43.4 Å². The topological polar surface area (TPSA) is 77.4 Å². The summed E-state index contributed by atoms with van der Waals surface area (Å²) >= 11 is -1.04. The zero-order valence-electron chi connectivity index (χ0n) is 20.9. The maximum absolute atomic E-state index is 13.2. The van der Waals surface area contributed by atoms with Crippen LogP contribution >= 0.6 is 0 Å². The lowest BCUT2D eigenvalue weighted by atomic mass is 9.48. The van der Waals surface area contributed by atoms with Crippen LogP contribution in [0.15, 0.2) is 52.0 Å². The molecule has 0 spiro atoms. The molecule has 35 heavy (non-hydrogen) atoms. The van der Waals surface area contributed by atoms with Crippen molar-refractivity contribution in [2.75, 3.05) is 12.9 Å². The number of carbonyl (C=O) groups excluding carboxylic acids is 2. The Morgan fingerprint density at radius 3 is 2.60 bits per heavy atom. The molecule has 6 atom stereocenters. The first-order valence-corrected chi connectivity index (χ1v) is 14.3. The van der Waals surface area contributed by atoms with E-state index in [4.69, 9.17) is 0 Å². The number of benzene rings is 1. The second-order valence-electron chi connectivity index (χ2n) is 11.0. The lowest BCUT2D eigenvalue weighted by Gasteiger charge is -2.54. The number of allylic oxidation sites excluding steroid dienone is 4. The number of fused-ring (bicyclic) bond motifs is 4. The van der Waals surface area contributed by atoms with Crippen LogP contribution in [0, 0.1) is 34.5 Å². The van der Waals surface area contributed by atoms with Crippen LogP contribution < -0.4 is 0 Å². The SMILES string of the molecule is CC(=O)[C@@]1(C#CCO)CC[C@H]2[C@@H]3CCC4=CC(=O)CCC4=C3[C@@H](c3ccc([S+](C)[O-])cc3)C[C@@]21C. The van der Waals surface area contributed by atoms with Crippen molar-refractivity contribution in [1.29, 1.82) is 0 Å². The van der Waals surface area contributed by atoms with Crippen molar-refractivity contribution in [3.05, 3.63) is 52.6 Å². The van der Waals surface area contributed by atoms with E-state index in [-0.39, 0.29) is 29.5 Å². The van der Waals surface area contributed by atoms with Crippen molar-refractivity contribution < 1.29 is 19.2 Å². The average Bonchev–Trinajstić information content (AvgIpc) is 3.14. The predicted molar refractivity (Wildman–Crippen MR) is 137 cm³/mol. The van der Waals surface area contributed by atoms with Gasteiger partial charge in [-0.3, -0.25) is 9.59 Å². The van der Waals surface area contributed by atoms with Crippen LogP contribution in [0.1, 0.15) is 70.3 Å². The van der Waals surface area contributed by atoms with Gasteiger partial charge in [-0.05, 0) is 109 Å². The van der Waals surface area contributed by atoms with E-state index in [1.54, 1.807) is 13.2 Å². The van der Waals surface area contributed by atoms with Gasteiger partial charge in [0.2, 0.25) is 0 Å². The second-order valence-corrected chi connectivity index (χ2v) is 12.4. The summed E-state index contributed by atoms with van der Waals surface area (Å²) in [6, 6.07) is 8.13. The van der Waals surface area contributed by atoms with Gasteiger partial charge in [0, 0.05) is 12.3 Å². The first-order chi connectivity index (χ1) is 16.7. The summed E-state index contributed by atoms with van der Waals surface area (Å²) < 4.78 is 12.0. The second kappa shape index (κ2) is 9.07. The number of Topliss-reactive ketones (excluding diaryl/α,β-unsaturated/α-hetero) is 1. The van der Waals surface area contributed by atoms with Crippen molar-refractivity contribution in [2.24, 2.45) is 22.7 Å². The molecule has 0 bridgehead atoms. The Morgan fingerprint density at radius 1 is 1.20 bits per heavy atom. The van der Waals surface area contributed by atoms with Crippen LogP contribution in [0.3, 0.4) is 0 Å². The van der Waals surface area contributed by atoms with Crippen molar-refractivity contribution in [3.63, 3.8) is 0 Å². The van der Waals surface area contributed by atoms with Crippen LogP contribution in [0.5, 0.6) is 0 Å². The third-order valence-electron chi connectivity index (χ3n) is 9.53. The van der Waals surface area contributed by atoms with Gasteiger partial charge in [-0.2, -0.15) is 0 Å². The van der Waals surface area contributed by atoms with Gasteiger partial charge in [0.05, 0.1) is 5.41 Å². The minimum Gasteiger partial charge on any atom is -0.612 e. The van der Waals surface area contributed by atoms with Gasteiger partial charge in [0.1, 0.15) is 18.6 Å². The molecule has 5 heteroatoms. The molecule has 1 N–H and O–H groups in total. The van der Waals surface area contributed by atoms with Crippen LogP contribution in [0.25, 0.3) is 0 Å². The largest absolute Gasteiger partial charge is 0.612 e. The summed E-state index contributed by atoms with van der Waals surface area (Å²) in [6.45, 7) is 3.69. The van der Waals surface area contributed by atoms with Gasteiger partial charge in [0.25, 0.3) is 0 Å². The molecule has 0 aliphatic heterocycles. The third-order valence-corrected chi connectivity index (χ3v) is 10.5. The molecule has 1 unspecified atom stereocenters. The van der Waals surface area contributed by atoms with E-state index in [0.29, 0.717) is 18.3 Å². The summed E-state index contributed by atoms with van der Waals surface area (Å²) in [7, 11) is 0. The van der Waals surface area contributed by atoms with Gasteiger partial charge in [-0.25, -0.2) is 0 Å². The Hall–Kier alpha value is -2.13. The first-order valence-electron chi connectivity index (χ1n) is 12.7. The molecule has 4 aliphatic rings. The van der Waals surface area contributed by atoms with E-state index < -0.39 is 16.6 Å². The van der Waals surface area contributed by atoms with E-state index >= 15 is 0 Å². The Morgan fingerprint density at radius 2 is 1.94 bits per heavy atom. The summed E-state index contributed by atoms with van der Waals surface area (Å²) in [5.41, 5.74) is 4.18. The summed E-state index contributed by atoms with van der Waals surface area (Å²) in [4.78, 5) is 26.3. The smallest absolute Gasteiger partial charge is 0.156 e. The van der Waals surface area contributed by atoms with Crippen molar-refractivity contribution in [1.82, 2.24) is 0 Å². The molecule has 4 nitrogen and oxygen atoms in total. The fourth-order valence-corrected chi connectivity index (χ4v) is 8.46. The summed E-state index contributed by atoms with van der Waals surface area (Å²) in [6.07, 6.45) is 9.34. The molecule has 5 rings (SSSR count). The molecule has 0 amide bonds. The standard InChI is InChI=1S/C30H34O4S/c1-19(32)30(14-4-16-31)15-13-27-25-11-7-21-17-22(33)8-12-24(21)28(25)26(18-29(27,30)2)20-5-9-23(10-6-20)35(3)34/h5-6,9-10,17,25-27,31H,7-8,11-13,15-16,18H2,1-3H3/t25-,26+,27-,29-,30+,35?/m0/s1. The van der Waals surface area contributed by atoms with Crippen LogP contribution in [0.4, 0.5) is 0 Å². The van der Waals surface area contributed by atoms with Crippen molar-refractivity contribution in [3.8, 4) is 11.8 Å². The minimum atomic E-state index is -1.04. The molecule has 184 valence electrons. The van der Waals surface area contributed by atoms with Crippen LogP contribution in [-0.2, 0) is 20.8 Å². The van der Waals surface area contributed by atoms with Gasteiger partial charge in [-0.15, -0.1) is 0 Å². The molecule has 0 aromatic heterocycles. The molecule has 2 fully saturated rings. The van der Waals surface area contributed by atoms with Crippen LogP contribution in [-0.4, -0.2) is 34.1 Å². The zero-order valence-corrected chi connectivity index (χ0v) is 21.7. The summed E-state index contributed by atoms with van der Waals surface area (Å²) in [5, 5.41) is 9.49. The Balaban J connectivity index is 1.69. The number of hydrogen-bond acceptors (Lipinski definition) is 4. The van der Waals surface area contributed by atoms with E-state index in [2.05, 4.69) is 30.9 Å². The molecular formula is C30H34O4S. The number of hydrogen-bond donors (Lipinski definition) is 1. The number of ketones is 2. The third kappa shape index (κ3) is 3.77. The van der Waals surface area contributed by atoms with Gasteiger partial charge < -0.3 is 9.66 Å². The highest BCUT2D eigenvalue weighted by molar-refractivity contribution is 7.90. The highest BCUT2D eigenvalue weighted by Gasteiger charge is 2.64. The Bertz CT molecular complexity index is 1180. The molecule has 1 aromatic carbocycles. The quantitative estimate of drug-likeness (QED) is 0.483. The molecule has 0 saturated heterocycles. The monoisotopic (exact) mass is 490 g/mol. The maximum atomic E-state index is 13.2. The van der Waals surface area contributed by atoms with Crippen molar-refractivity contribution >= 4 is 22.7 Å². The highest BCUT2D eigenvalue weighted by atomic mass is 32.2. The molecule has 0 heterocycles. The first kappa shape index (κ1) is 24.6. The molecule has 2 saturated carbocycles. The minimum absolute atomic E-state index is 0.106. The molecule has 4 aliphatic carbocycles. The fourth-order valence-electron chi connectivity index (χ4n) is 7.94. The molecular weight excluding hydrogens is 456 g/mol. The van der Waals surface area contributed by atoms with E-state index in [1.807, 2.05) is 18.2 Å². The van der Waals surface area contributed by atoms with Crippen molar-refractivity contribution in [2.45, 2.75) is 69.6 Å². The zero-order chi connectivity index (χ0) is 25.0. The normalized spacial score (nSPS) is 34.7. The highest BCUT2D eigenvalue weighted by Crippen LogP contribution is 2.69. The van der Waals surface area contributed by atoms with Crippen LogP contribution in [0.2, 0.25) is 0 Å². The lowest BCUT2D eigenvalue weighted by molar-refractivity contribution is -0.130. The Labute approximate surface area is 211 Å². The summed E-state index contributed by atoms with van der Waals surface area (Å²) in [5.74, 6) is 7.30.